The molecule has 1 saturated carbocycles. The first kappa shape index (κ1) is 22.6. The molecule has 1 amide bonds. The number of nitrogens with zero attached hydrogens (tertiary/aromatic N) is 1. The van der Waals surface area contributed by atoms with Crippen molar-refractivity contribution in [2.24, 2.45) is 0 Å². The number of benzene rings is 1. The Labute approximate surface area is 179 Å². The summed E-state index contributed by atoms with van der Waals surface area (Å²) >= 11 is 0. The molecule has 0 aliphatic heterocycles. The molecule has 0 atom stereocenters. The summed E-state index contributed by atoms with van der Waals surface area (Å²) in [7, 11) is 1.36. The fourth-order valence-corrected chi connectivity index (χ4v) is 3.57. The number of carbonyl (C=O) groups is 2. The van der Waals surface area contributed by atoms with Crippen LogP contribution in [0.5, 0.6) is 11.5 Å². The lowest BCUT2D eigenvalue weighted by Crippen LogP contribution is -2.33. The molecule has 168 valence electrons. The van der Waals surface area contributed by atoms with Gasteiger partial charge in [-0.25, -0.2) is 4.79 Å². The lowest BCUT2D eigenvalue weighted by atomic mass is 10.1. The molecule has 7 nitrogen and oxygen atoms in total. The highest BCUT2D eigenvalue weighted by Gasteiger charge is 2.35. The maximum absolute atomic E-state index is 13.4. The molecule has 1 aromatic heterocycles. The normalized spacial score (nSPS) is 13.3. The summed E-state index contributed by atoms with van der Waals surface area (Å²) in [6, 6.07) is 4.68. The number of hydrogen-bond acceptors (Lipinski definition) is 5. The van der Waals surface area contributed by atoms with E-state index in [4.69, 9.17) is 9.47 Å². The Hall–Kier alpha value is -3.10. The van der Waals surface area contributed by atoms with Crippen LogP contribution in [0.1, 0.15) is 57.4 Å². The standard InChI is InChI=1S/C22H26F2N2O5/c1-5-30-21(28)18-12(2)19(25-13(18)3)20(27)26(15-7-8-15)11-14-6-9-16(31-22(23)24)17(10-14)29-4/h6,9-10,15,22,25H,5,7-8,11H2,1-4H3. The Morgan fingerprint density at radius 2 is 1.94 bits per heavy atom. The highest BCUT2D eigenvalue weighted by molar-refractivity contribution is 6.00. The van der Waals surface area contributed by atoms with Crippen molar-refractivity contribution in [3.8, 4) is 11.5 Å². The molecule has 1 aliphatic carbocycles. The van der Waals surface area contributed by atoms with Crippen LogP contribution in [0.3, 0.4) is 0 Å². The number of methoxy groups -OCH3 is 1. The van der Waals surface area contributed by atoms with Gasteiger partial charge in [-0.3, -0.25) is 4.79 Å². The minimum atomic E-state index is -2.96. The molecule has 1 aromatic carbocycles. The minimum Gasteiger partial charge on any atom is -0.493 e. The van der Waals surface area contributed by atoms with E-state index >= 15 is 0 Å². The predicted molar refractivity (Wildman–Crippen MR) is 109 cm³/mol. The summed E-state index contributed by atoms with van der Waals surface area (Å²) in [6.45, 7) is 2.71. The van der Waals surface area contributed by atoms with Crippen molar-refractivity contribution in [2.75, 3.05) is 13.7 Å². The number of esters is 1. The van der Waals surface area contributed by atoms with Gasteiger partial charge in [0.25, 0.3) is 5.91 Å². The lowest BCUT2D eigenvalue weighted by Gasteiger charge is -2.23. The highest BCUT2D eigenvalue weighted by Crippen LogP contribution is 2.34. The topological polar surface area (TPSA) is 80.9 Å². The molecular weight excluding hydrogens is 410 g/mol. The van der Waals surface area contributed by atoms with Crippen LogP contribution in [0.25, 0.3) is 0 Å². The van der Waals surface area contributed by atoms with E-state index in [1.54, 1.807) is 37.8 Å². The van der Waals surface area contributed by atoms with Gasteiger partial charge in [-0.15, -0.1) is 0 Å². The molecule has 1 fully saturated rings. The van der Waals surface area contributed by atoms with Crippen molar-refractivity contribution >= 4 is 11.9 Å². The van der Waals surface area contributed by atoms with E-state index in [9.17, 15) is 18.4 Å². The first-order valence-corrected chi connectivity index (χ1v) is 10.1. The van der Waals surface area contributed by atoms with Crippen LogP contribution >= 0.6 is 0 Å². The largest absolute Gasteiger partial charge is 0.493 e. The Morgan fingerprint density at radius 3 is 2.52 bits per heavy atom. The quantitative estimate of drug-likeness (QED) is 0.595. The maximum atomic E-state index is 13.4. The van der Waals surface area contributed by atoms with Crippen LogP contribution in [0, 0.1) is 13.8 Å². The van der Waals surface area contributed by atoms with Crippen LogP contribution in [0.15, 0.2) is 18.2 Å². The molecular formula is C22H26F2N2O5. The third kappa shape index (κ3) is 4.98. The number of H-pyrrole nitrogens is 1. The van der Waals surface area contributed by atoms with Gasteiger partial charge in [-0.05, 0) is 56.9 Å². The lowest BCUT2D eigenvalue weighted by molar-refractivity contribution is -0.0512. The maximum Gasteiger partial charge on any atom is 0.387 e. The number of rotatable bonds is 9. The number of hydrogen-bond donors (Lipinski definition) is 1. The second-order valence-corrected chi connectivity index (χ2v) is 7.37. The zero-order valence-electron chi connectivity index (χ0n) is 18.0. The number of aromatic nitrogens is 1. The van der Waals surface area contributed by atoms with Gasteiger partial charge < -0.3 is 24.1 Å². The first-order chi connectivity index (χ1) is 14.8. The van der Waals surface area contributed by atoms with Gasteiger partial charge in [-0.1, -0.05) is 6.07 Å². The van der Waals surface area contributed by atoms with Gasteiger partial charge in [0.2, 0.25) is 0 Å². The molecule has 0 saturated heterocycles. The van der Waals surface area contributed by atoms with Gasteiger partial charge >= 0.3 is 12.6 Å². The zero-order chi connectivity index (χ0) is 22.7. The number of ether oxygens (including phenoxy) is 3. The Kier molecular flexibility index (Phi) is 6.82. The fraction of sp³-hybridized carbons (Fsp3) is 0.455. The summed E-state index contributed by atoms with van der Waals surface area (Å²) < 4.78 is 39.8. The van der Waals surface area contributed by atoms with Crippen LogP contribution in [0.2, 0.25) is 0 Å². The van der Waals surface area contributed by atoms with Gasteiger partial charge in [0, 0.05) is 18.3 Å². The molecule has 0 bridgehead atoms. The predicted octanol–water partition coefficient (Wildman–Crippen LogP) is 4.22. The highest BCUT2D eigenvalue weighted by atomic mass is 19.3. The average molecular weight is 436 g/mol. The SMILES string of the molecule is CCOC(=O)c1c(C)[nH]c(C(=O)N(Cc2ccc(OC(F)F)c(OC)c2)C2CC2)c1C. The van der Waals surface area contributed by atoms with E-state index in [0.29, 0.717) is 28.1 Å². The third-order valence-electron chi connectivity index (χ3n) is 5.18. The summed E-state index contributed by atoms with van der Waals surface area (Å²) in [6.07, 6.45) is 1.75. The van der Waals surface area contributed by atoms with E-state index in [1.165, 1.54) is 13.2 Å². The van der Waals surface area contributed by atoms with Crippen LogP contribution in [-0.4, -0.2) is 48.1 Å². The molecule has 1 aliphatic rings. The van der Waals surface area contributed by atoms with Gasteiger partial charge in [0.05, 0.1) is 19.3 Å². The third-order valence-corrected chi connectivity index (χ3v) is 5.18. The fourth-order valence-electron chi connectivity index (χ4n) is 3.57. The van der Waals surface area contributed by atoms with Gasteiger partial charge in [0.1, 0.15) is 5.69 Å². The van der Waals surface area contributed by atoms with Crippen molar-refractivity contribution in [3.63, 3.8) is 0 Å². The minimum absolute atomic E-state index is 0.0690. The molecule has 3 rings (SSSR count). The van der Waals surface area contributed by atoms with E-state index < -0.39 is 12.6 Å². The Morgan fingerprint density at radius 1 is 1.23 bits per heavy atom. The van der Waals surface area contributed by atoms with Crippen LogP contribution in [0.4, 0.5) is 8.78 Å². The summed E-state index contributed by atoms with van der Waals surface area (Å²) in [5.74, 6) is -0.603. The monoisotopic (exact) mass is 436 g/mol. The molecule has 0 spiro atoms. The second-order valence-electron chi connectivity index (χ2n) is 7.37. The second kappa shape index (κ2) is 9.36. The number of aryl methyl sites for hydroxylation is 1. The van der Waals surface area contributed by atoms with E-state index in [2.05, 4.69) is 9.72 Å². The number of halogens is 2. The smallest absolute Gasteiger partial charge is 0.387 e. The number of nitrogens with one attached hydrogen (secondary N) is 1. The summed E-state index contributed by atoms with van der Waals surface area (Å²) in [5, 5.41) is 0. The average Bonchev–Trinajstić information content (AvgIpc) is 3.51. The number of carbonyl (C=O) groups excluding carboxylic acids is 2. The molecule has 9 heteroatoms. The van der Waals surface area contributed by atoms with Crippen molar-refractivity contribution in [3.05, 3.63) is 46.3 Å². The van der Waals surface area contributed by atoms with Crippen molar-refractivity contribution < 1.29 is 32.6 Å². The molecule has 31 heavy (non-hydrogen) atoms. The Bertz CT molecular complexity index is 969. The molecule has 2 aromatic rings. The summed E-state index contributed by atoms with van der Waals surface area (Å²) in [5.41, 5.74) is 2.55. The Balaban J connectivity index is 1.86. The van der Waals surface area contributed by atoms with Crippen LogP contribution in [-0.2, 0) is 11.3 Å². The molecule has 0 radical (unpaired) electrons. The van der Waals surface area contributed by atoms with Crippen molar-refractivity contribution in [1.29, 1.82) is 0 Å². The molecule has 1 heterocycles. The van der Waals surface area contributed by atoms with Gasteiger partial charge in [0.15, 0.2) is 11.5 Å². The van der Waals surface area contributed by atoms with Crippen molar-refractivity contribution in [2.45, 2.75) is 52.8 Å². The molecule has 0 unspecified atom stereocenters. The number of amides is 1. The number of alkyl halides is 2. The van der Waals surface area contributed by atoms with Crippen LogP contribution < -0.4 is 9.47 Å². The first-order valence-electron chi connectivity index (χ1n) is 10.1. The summed E-state index contributed by atoms with van der Waals surface area (Å²) in [4.78, 5) is 30.4. The van der Waals surface area contributed by atoms with E-state index in [0.717, 1.165) is 12.8 Å². The zero-order valence-corrected chi connectivity index (χ0v) is 18.0. The molecule has 1 N–H and O–H groups in total. The number of aromatic amines is 1. The van der Waals surface area contributed by atoms with Crippen molar-refractivity contribution in [1.82, 2.24) is 9.88 Å². The van der Waals surface area contributed by atoms with E-state index in [1.807, 2.05) is 0 Å². The van der Waals surface area contributed by atoms with E-state index in [-0.39, 0.29) is 36.6 Å². The van der Waals surface area contributed by atoms with Gasteiger partial charge in [-0.2, -0.15) is 8.78 Å².